The average Bonchev–Trinajstić information content (AvgIpc) is 3.02. The molecule has 3 atom stereocenters. The van der Waals surface area contributed by atoms with Gasteiger partial charge in [-0.05, 0) is 74.8 Å². The van der Waals surface area contributed by atoms with Crippen molar-refractivity contribution in [2.75, 3.05) is 0 Å². The molecule has 0 heterocycles. The van der Waals surface area contributed by atoms with E-state index < -0.39 is 16.6 Å². The van der Waals surface area contributed by atoms with Crippen molar-refractivity contribution in [1.82, 2.24) is 0 Å². The van der Waals surface area contributed by atoms with Gasteiger partial charge in [0.1, 0.15) is 12.6 Å². The van der Waals surface area contributed by atoms with Crippen LogP contribution in [0.2, 0.25) is 36.3 Å². The molecule has 7 heteroatoms. The second kappa shape index (κ2) is 34.9. The van der Waals surface area contributed by atoms with Crippen molar-refractivity contribution in [3.8, 4) is 0 Å². The quantitative estimate of drug-likeness (QED) is 0.0412. The van der Waals surface area contributed by atoms with Crippen LogP contribution in [0.15, 0.2) is 25.3 Å². The van der Waals surface area contributed by atoms with E-state index in [2.05, 4.69) is 109 Å². The fourth-order valence-corrected chi connectivity index (χ4v) is 7.39. The fraction of sp³-hybridized carbons (Fsp3) is 0.864. The Hall–Kier alpha value is -0.866. The minimum Gasteiger partial charge on any atom is -0.414 e. The van der Waals surface area contributed by atoms with Crippen LogP contribution in [0.3, 0.4) is 0 Å². The number of carbonyl (C=O) groups excluding carboxylic acids is 2. The van der Waals surface area contributed by atoms with E-state index in [1.165, 1.54) is 70.6 Å². The molecule has 5 nitrogen and oxygen atoms in total. The summed E-state index contributed by atoms with van der Waals surface area (Å²) >= 11 is 0. The number of aliphatic hydroxyl groups excluding tert-OH is 1. The summed E-state index contributed by atoms with van der Waals surface area (Å²) in [5, 5.41) is 9.73. The van der Waals surface area contributed by atoms with E-state index in [4.69, 9.17) is 8.85 Å². The van der Waals surface area contributed by atoms with E-state index in [0.717, 1.165) is 57.5 Å². The smallest absolute Gasteiger partial charge is 0.192 e. The maximum atomic E-state index is 10.7. The third kappa shape index (κ3) is 35.9. The summed E-state index contributed by atoms with van der Waals surface area (Å²) in [5.74, 6) is 0. The van der Waals surface area contributed by atoms with Crippen LogP contribution >= 0.6 is 0 Å². The van der Waals surface area contributed by atoms with E-state index in [0.29, 0.717) is 17.6 Å². The van der Waals surface area contributed by atoms with Crippen LogP contribution in [0.4, 0.5) is 0 Å². The predicted octanol–water partition coefficient (Wildman–Crippen LogP) is 14.3. The zero-order chi connectivity index (χ0) is 40.4. The van der Waals surface area contributed by atoms with Gasteiger partial charge in [0.15, 0.2) is 16.6 Å². The van der Waals surface area contributed by atoms with Gasteiger partial charge in [0.05, 0.1) is 12.2 Å². The first-order chi connectivity index (χ1) is 23.7. The number of carbonyl (C=O) groups is 2. The highest BCUT2D eigenvalue weighted by atomic mass is 28.4. The van der Waals surface area contributed by atoms with Gasteiger partial charge in [0, 0.05) is 18.9 Å². The van der Waals surface area contributed by atoms with Crippen LogP contribution in [0.5, 0.6) is 0 Å². The van der Waals surface area contributed by atoms with Gasteiger partial charge in [0.2, 0.25) is 0 Å². The summed E-state index contributed by atoms with van der Waals surface area (Å²) in [4.78, 5) is 20.4. The number of rotatable bonds is 26. The van der Waals surface area contributed by atoms with E-state index in [-0.39, 0.29) is 17.2 Å². The largest absolute Gasteiger partial charge is 0.414 e. The van der Waals surface area contributed by atoms with Gasteiger partial charge in [0.25, 0.3) is 0 Å². The van der Waals surface area contributed by atoms with Gasteiger partial charge in [-0.25, -0.2) is 0 Å². The molecule has 0 rings (SSSR count). The first kappa shape index (κ1) is 56.9. The van der Waals surface area contributed by atoms with E-state index in [1.54, 1.807) is 6.08 Å². The molecule has 51 heavy (non-hydrogen) atoms. The minimum absolute atomic E-state index is 0.139. The van der Waals surface area contributed by atoms with Gasteiger partial charge >= 0.3 is 0 Å². The van der Waals surface area contributed by atoms with Crippen LogP contribution in [-0.4, -0.2) is 52.6 Å². The number of aldehydes is 2. The predicted molar refractivity (Wildman–Crippen MR) is 233 cm³/mol. The van der Waals surface area contributed by atoms with Crippen molar-refractivity contribution < 1.29 is 23.5 Å². The monoisotopic (exact) mass is 757 g/mol. The van der Waals surface area contributed by atoms with E-state index in [1.807, 2.05) is 6.08 Å². The summed E-state index contributed by atoms with van der Waals surface area (Å²) in [5.41, 5.74) is 0. The highest BCUT2D eigenvalue weighted by Gasteiger charge is 2.39. The third-order valence-corrected chi connectivity index (χ3v) is 19.2. The van der Waals surface area contributed by atoms with Gasteiger partial charge in [-0.15, -0.1) is 13.2 Å². The van der Waals surface area contributed by atoms with Gasteiger partial charge in [-0.2, -0.15) is 0 Å². The zero-order valence-corrected chi connectivity index (χ0v) is 39.0. The normalized spacial score (nSPS) is 13.5. The molecule has 1 N–H and O–H groups in total. The lowest BCUT2D eigenvalue weighted by molar-refractivity contribution is -0.109. The molecule has 0 saturated carbocycles. The zero-order valence-electron chi connectivity index (χ0n) is 37.0. The molecule has 0 aromatic rings. The maximum absolute atomic E-state index is 10.7. The first-order valence-electron chi connectivity index (χ1n) is 20.8. The number of hydrogen-bond acceptors (Lipinski definition) is 5. The molecule has 0 fully saturated rings. The van der Waals surface area contributed by atoms with Crippen LogP contribution in [0.1, 0.15) is 191 Å². The lowest BCUT2D eigenvalue weighted by Gasteiger charge is -2.39. The topological polar surface area (TPSA) is 72.8 Å². The molecule has 306 valence electrons. The summed E-state index contributed by atoms with van der Waals surface area (Å²) in [6, 6.07) is 0. The van der Waals surface area contributed by atoms with Crippen molar-refractivity contribution in [3.05, 3.63) is 25.3 Å². The first-order valence-corrected chi connectivity index (χ1v) is 26.7. The van der Waals surface area contributed by atoms with Gasteiger partial charge in [-0.1, -0.05) is 152 Å². The van der Waals surface area contributed by atoms with Crippen LogP contribution in [0.25, 0.3) is 0 Å². The molecule has 0 aromatic carbocycles. The SMILES string of the molecule is C=CC[C@@H](O)CCCCC.C=CC[C@H](CCCCC)O[Si](C)(C)C(C)(C)C.CCCCCC=O.CCCCC[C@@H](CC=O)O[Si](C)(C)C(C)(C)C. The van der Waals surface area contributed by atoms with Crippen molar-refractivity contribution >= 4 is 29.2 Å². The second-order valence-corrected chi connectivity index (χ2v) is 26.8. The molecule has 0 unspecified atom stereocenters. The molecule has 0 aliphatic rings. The molecule has 0 amide bonds. The van der Waals surface area contributed by atoms with Crippen LogP contribution in [0, 0.1) is 0 Å². The minimum atomic E-state index is -1.72. The second-order valence-electron chi connectivity index (χ2n) is 17.3. The van der Waals surface area contributed by atoms with Gasteiger partial charge in [-0.3, -0.25) is 0 Å². The molecule has 0 aromatic heterocycles. The van der Waals surface area contributed by atoms with Crippen LogP contribution in [-0.2, 0) is 18.4 Å². The molecule has 0 spiro atoms. The summed E-state index contributed by atoms with van der Waals surface area (Å²) < 4.78 is 12.8. The van der Waals surface area contributed by atoms with E-state index in [9.17, 15) is 14.7 Å². The molecular weight excluding hydrogens is 665 g/mol. The highest BCUT2D eigenvalue weighted by Crippen LogP contribution is 2.39. The van der Waals surface area contributed by atoms with Crippen molar-refractivity contribution in [1.29, 1.82) is 0 Å². The third-order valence-electron chi connectivity index (χ3n) is 10.1. The molecule has 0 bridgehead atoms. The van der Waals surface area contributed by atoms with Crippen LogP contribution < -0.4 is 0 Å². The molecule has 0 radical (unpaired) electrons. The van der Waals surface area contributed by atoms with E-state index >= 15 is 0 Å². The molecule has 0 aliphatic heterocycles. The lowest BCUT2D eigenvalue weighted by Crippen LogP contribution is -2.44. The summed E-state index contributed by atoms with van der Waals surface area (Å²) in [7, 11) is -3.34. The lowest BCUT2D eigenvalue weighted by atomic mass is 10.1. The number of unbranched alkanes of at least 4 members (excludes halogenated alkanes) is 9. The average molecular weight is 757 g/mol. The van der Waals surface area contributed by atoms with Crippen molar-refractivity contribution in [2.45, 2.75) is 246 Å². The standard InChI is InChI=1S/C15H32OSi.C14H30O2Si.C9H18O.C6H12O/c1-8-10-11-13-14(12-9-2)16-17(6,7)15(3,4)5;1-7-8-9-10-13(11-12-15)16-17(5,6)14(2,3)4;1-3-5-6-8-9(10)7-4-2;1-2-3-4-5-6-7/h9,14H,2,8,10-13H2,1,3-7H3;12-13H,7-11H2,1-6H3;4,9-10H,2-3,5-8H2,1H3;6H,2-5H2,1H3/t14-;13-;9-;/m101./s1. The maximum Gasteiger partial charge on any atom is 0.192 e. The van der Waals surface area contributed by atoms with Crippen molar-refractivity contribution in [3.63, 3.8) is 0 Å². The Morgan fingerprint density at radius 1 is 0.549 bits per heavy atom. The Bertz CT molecular complexity index is 750. The van der Waals surface area contributed by atoms with Gasteiger partial charge < -0.3 is 23.5 Å². The molecule has 0 saturated heterocycles. The molecular formula is C44H92O5Si2. The van der Waals surface area contributed by atoms with Crippen molar-refractivity contribution in [2.24, 2.45) is 0 Å². The Morgan fingerprint density at radius 3 is 1.22 bits per heavy atom. The Kier molecular flexibility index (Phi) is 38.9. The number of aliphatic hydroxyl groups is 1. The Labute approximate surface area is 322 Å². The Balaban J connectivity index is -0.000000305. The Morgan fingerprint density at radius 2 is 0.902 bits per heavy atom. The summed E-state index contributed by atoms with van der Waals surface area (Å²) in [6.45, 7) is 39.0. The fourth-order valence-electron chi connectivity index (χ4n) is 4.59. The number of hydrogen-bond donors (Lipinski definition) is 1. The highest BCUT2D eigenvalue weighted by molar-refractivity contribution is 6.74. The summed E-state index contributed by atoms with van der Waals surface area (Å²) in [6.07, 6.45) is 26.9. The molecule has 0 aliphatic carbocycles.